The molecule has 1 aliphatic carbocycles. The lowest BCUT2D eigenvalue weighted by Gasteiger charge is -2.16. The molecule has 1 fully saturated rings. The Bertz CT molecular complexity index is 1480. The number of benzene rings is 3. The Morgan fingerprint density at radius 2 is 1.86 bits per heavy atom. The first-order valence-electron chi connectivity index (χ1n) is 11.9. The summed E-state index contributed by atoms with van der Waals surface area (Å²) < 4.78 is 6.52. The van der Waals surface area contributed by atoms with Crippen molar-refractivity contribution in [3.63, 3.8) is 0 Å². The molecular formula is C28H26IN5O2S. The number of carbonyl (C=O) groups is 1. The zero-order valence-corrected chi connectivity index (χ0v) is 23.4. The lowest BCUT2D eigenvalue weighted by molar-refractivity contribution is 0.0952. The molecule has 0 radical (unpaired) electrons. The molecule has 0 unspecified atom stereocenters. The predicted octanol–water partition coefficient (Wildman–Crippen LogP) is 6.73. The van der Waals surface area contributed by atoms with Crippen molar-refractivity contribution in [2.45, 2.75) is 30.7 Å². The van der Waals surface area contributed by atoms with Crippen LogP contribution in [0.15, 0.2) is 71.8 Å². The normalized spacial score (nSPS) is 12.6. The van der Waals surface area contributed by atoms with Gasteiger partial charge in [0.25, 0.3) is 5.91 Å². The van der Waals surface area contributed by atoms with Gasteiger partial charge in [0.15, 0.2) is 0 Å². The number of rotatable bonds is 8. The summed E-state index contributed by atoms with van der Waals surface area (Å²) in [5.74, 6) is 1.59. The predicted molar refractivity (Wildman–Crippen MR) is 159 cm³/mol. The van der Waals surface area contributed by atoms with Gasteiger partial charge in [-0.25, -0.2) is 4.98 Å². The van der Waals surface area contributed by atoms with Crippen molar-refractivity contribution in [2.24, 2.45) is 0 Å². The summed E-state index contributed by atoms with van der Waals surface area (Å²) in [5.41, 5.74) is 5.22. The smallest absolute Gasteiger partial charge is 0.253 e. The van der Waals surface area contributed by atoms with Crippen molar-refractivity contribution in [3.05, 3.63) is 81.6 Å². The SMILES string of the molecule is COc1cc(-c2cccc(S)c2)c(C)cc1Nc1ncc(I)c(Nc2ccccc2C(=O)NC2CC2)n1. The van der Waals surface area contributed by atoms with E-state index in [9.17, 15) is 4.79 Å². The van der Waals surface area contributed by atoms with Crippen molar-refractivity contribution in [3.8, 4) is 16.9 Å². The highest BCUT2D eigenvalue weighted by atomic mass is 127. The highest BCUT2D eigenvalue weighted by Gasteiger charge is 2.25. The minimum atomic E-state index is -0.0863. The second-order valence-electron chi connectivity index (χ2n) is 8.85. The minimum Gasteiger partial charge on any atom is -0.495 e. The van der Waals surface area contributed by atoms with Gasteiger partial charge in [-0.05, 0) is 95.4 Å². The van der Waals surface area contributed by atoms with Crippen LogP contribution in [0.3, 0.4) is 0 Å². The highest BCUT2D eigenvalue weighted by Crippen LogP contribution is 2.36. The maximum absolute atomic E-state index is 12.7. The van der Waals surface area contributed by atoms with Gasteiger partial charge in [-0.3, -0.25) is 4.79 Å². The number of thiol groups is 1. The maximum Gasteiger partial charge on any atom is 0.253 e. The van der Waals surface area contributed by atoms with Gasteiger partial charge in [0, 0.05) is 17.1 Å². The van der Waals surface area contributed by atoms with E-state index in [2.05, 4.69) is 69.1 Å². The van der Waals surface area contributed by atoms with Gasteiger partial charge in [-0.2, -0.15) is 4.98 Å². The first-order chi connectivity index (χ1) is 17.9. The zero-order chi connectivity index (χ0) is 25.9. The fraction of sp³-hybridized carbons (Fsp3) is 0.179. The Kier molecular flexibility index (Phi) is 7.52. The number of halogens is 1. The number of amides is 1. The number of anilines is 4. The first-order valence-corrected chi connectivity index (χ1v) is 13.4. The summed E-state index contributed by atoms with van der Waals surface area (Å²) in [6, 6.07) is 19.7. The molecule has 0 saturated heterocycles. The third kappa shape index (κ3) is 5.99. The van der Waals surface area contributed by atoms with E-state index in [-0.39, 0.29) is 11.9 Å². The zero-order valence-electron chi connectivity index (χ0n) is 20.4. The molecule has 4 aromatic rings. The van der Waals surface area contributed by atoms with Gasteiger partial charge >= 0.3 is 0 Å². The Hall–Kier alpha value is -3.31. The van der Waals surface area contributed by atoms with Gasteiger partial charge < -0.3 is 20.7 Å². The number of nitrogens with one attached hydrogen (secondary N) is 3. The molecule has 0 aliphatic heterocycles. The Labute approximate surface area is 235 Å². The third-order valence-electron chi connectivity index (χ3n) is 6.03. The minimum absolute atomic E-state index is 0.0863. The molecule has 0 bridgehead atoms. The van der Waals surface area contributed by atoms with Crippen LogP contribution >= 0.6 is 35.2 Å². The van der Waals surface area contributed by atoms with Gasteiger partial charge in [-0.1, -0.05) is 24.3 Å². The number of aryl methyl sites for hydroxylation is 1. The number of hydrogen-bond donors (Lipinski definition) is 4. The lowest BCUT2D eigenvalue weighted by atomic mass is 9.99. The van der Waals surface area contributed by atoms with Crippen molar-refractivity contribution in [1.82, 2.24) is 15.3 Å². The number of methoxy groups -OCH3 is 1. The van der Waals surface area contributed by atoms with E-state index in [0.717, 1.165) is 43.7 Å². The molecule has 188 valence electrons. The summed E-state index contributed by atoms with van der Waals surface area (Å²) in [6.07, 6.45) is 3.80. The van der Waals surface area contributed by atoms with Crippen LogP contribution < -0.4 is 20.7 Å². The van der Waals surface area contributed by atoms with Crippen LogP contribution in [0.25, 0.3) is 11.1 Å². The van der Waals surface area contributed by atoms with Crippen LogP contribution in [0.4, 0.5) is 23.1 Å². The average molecular weight is 624 g/mol. The number of aromatic nitrogens is 2. The summed E-state index contributed by atoms with van der Waals surface area (Å²) in [7, 11) is 1.64. The van der Waals surface area contributed by atoms with E-state index in [1.54, 1.807) is 13.3 Å². The lowest BCUT2D eigenvalue weighted by Crippen LogP contribution is -2.26. The van der Waals surface area contributed by atoms with E-state index in [1.807, 2.05) is 54.6 Å². The second kappa shape index (κ2) is 11.0. The second-order valence-corrected chi connectivity index (χ2v) is 10.5. The van der Waals surface area contributed by atoms with Crippen LogP contribution in [0.2, 0.25) is 0 Å². The molecule has 1 aromatic heterocycles. The third-order valence-corrected chi connectivity index (χ3v) is 7.10. The van der Waals surface area contributed by atoms with Gasteiger partial charge in [0.2, 0.25) is 5.95 Å². The molecule has 0 atom stereocenters. The Balaban J connectivity index is 1.41. The van der Waals surface area contributed by atoms with Crippen molar-refractivity contribution >= 4 is 64.3 Å². The fourth-order valence-corrected chi connectivity index (χ4v) is 4.60. The molecule has 0 spiro atoms. The largest absolute Gasteiger partial charge is 0.495 e. The van der Waals surface area contributed by atoms with Crippen LogP contribution in [-0.2, 0) is 0 Å². The van der Waals surface area contributed by atoms with E-state index < -0.39 is 0 Å². The maximum atomic E-state index is 12.7. The van der Waals surface area contributed by atoms with E-state index in [1.165, 1.54) is 0 Å². The molecule has 1 amide bonds. The molecule has 1 saturated carbocycles. The Morgan fingerprint density at radius 1 is 1.05 bits per heavy atom. The number of hydrogen-bond acceptors (Lipinski definition) is 7. The highest BCUT2D eigenvalue weighted by molar-refractivity contribution is 14.1. The number of carbonyl (C=O) groups excluding carboxylic acids is 1. The van der Waals surface area contributed by atoms with Crippen LogP contribution in [0.1, 0.15) is 28.8 Å². The summed E-state index contributed by atoms with van der Waals surface area (Å²) >= 11 is 6.65. The van der Waals surface area contributed by atoms with Gasteiger partial charge in [0.1, 0.15) is 11.6 Å². The molecule has 37 heavy (non-hydrogen) atoms. The average Bonchev–Trinajstić information content (AvgIpc) is 3.70. The summed E-state index contributed by atoms with van der Waals surface area (Å²) in [4.78, 5) is 22.8. The van der Waals surface area contributed by atoms with Crippen molar-refractivity contribution in [1.29, 1.82) is 0 Å². The number of para-hydroxylation sites is 1. The van der Waals surface area contributed by atoms with Crippen molar-refractivity contribution < 1.29 is 9.53 Å². The molecule has 3 N–H and O–H groups in total. The molecule has 5 rings (SSSR count). The molecule has 1 aliphatic rings. The molecule has 3 aromatic carbocycles. The van der Waals surface area contributed by atoms with E-state index in [4.69, 9.17) is 9.72 Å². The molecule has 1 heterocycles. The molecule has 7 nitrogen and oxygen atoms in total. The molecular weight excluding hydrogens is 597 g/mol. The summed E-state index contributed by atoms with van der Waals surface area (Å²) in [6.45, 7) is 2.05. The number of nitrogens with zero attached hydrogens (tertiary/aromatic N) is 2. The standard InChI is InChI=1S/C28H26IN5O2S/c1-16-12-24(25(36-2)14-21(16)17-6-5-7-19(37)13-17)33-28-30-15-22(29)26(34-28)32-23-9-4-3-8-20(23)27(35)31-18-10-11-18/h3-9,12-15,18,37H,10-11H2,1-2H3,(H,31,35)(H2,30,32,33,34). The first kappa shape index (κ1) is 25.3. The quantitative estimate of drug-likeness (QED) is 0.129. The topological polar surface area (TPSA) is 88.2 Å². The molecule has 9 heteroatoms. The van der Waals surface area contributed by atoms with Crippen molar-refractivity contribution in [2.75, 3.05) is 17.7 Å². The van der Waals surface area contributed by atoms with Crippen LogP contribution in [0.5, 0.6) is 5.75 Å². The van der Waals surface area contributed by atoms with E-state index in [0.29, 0.717) is 28.8 Å². The summed E-state index contributed by atoms with van der Waals surface area (Å²) in [5, 5.41) is 9.66. The number of ether oxygens (including phenoxy) is 1. The fourth-order valence-electron chi connectivity index (χ4n) is 3.98. The monoisotopic (exact) mass is 623 g/mol. The van der Waals surface area contributed by atoms with E-state index >= 15 is 0 Å². The Morgan fingerprint density at radius 3 is 2.62 bits per heavy atom. The van der Waals surface area contributed by atoms with Crippen LogP contribution in [0, 0.1) is 10.5 Å². The van der Waals surface area contributed by atoms with Gasteiger partial charge in [0.05, 0.1) is 27.6 Å². The van der Waals surface area contributed by atoms with Gasteiger partial charge in [-0.15, -0.1) is 12.6 Å². The van der Waals surface area contributed by atoms with Crippen LogP contribution in [-0.4, -0.2) is 29.0 Å².